The molecule has 2 heterocycles. The third kappa shape index (κ3) is 1.44. The van der Waals surface area contributed by atoms with Crippen LogP contribution in [0.2, 0.25) is 5.35 Å². The van der Waals surface area contributed by atoms with Gasteiger partial charge in [0, 0.05) is 12.3 Å². The molecule has 0 aliphatic rings. The fraction of sp³-hybridized carbons (Fsp3) is 0. The van der Waals surface area contributed by atoms with E-state index in [0.29, 0.717) is 11.1 Å². The number of pyridine rings is 1. The number of aromatic nitrogens is 2. The average Bonchev–Trinajstić information content (AvgIpc) is 2.27. The van der Waals surface area contributed by atoms with E-state index >= 15 is 0 Å². The summed E-state index contributed by atoms with van der Waals surface area (Å²) >= 11 is 5.48. The molecule has 11 heavy (non-hydrogen) atoms. The molecule has 0 saturated heterocycles. The van der Waals surface area contributed by atoms with Gasteiger partial charge in [0.25, 0.3) is 5.35 Å². The highest BCUT2D eigenvalue weighted by molar-refractivity contribution is 6.28. The lowest BCUT2D eigenvalue weighted by Crippen LogP contribution is -1.68. The summed E-state index contributed by atoms with van der Waals surface area (Å²) in [6.45, 7) is 0. The van der Waals surface area contributed by atoms with Gasteiger partial charge in [-0.2, -0.15) is 4.98 Å². The van der Waals surface area contributed by atoms with Crippen molar-refractivity contribution in [2.75, 3.05) is 0 Å². The summed E-state index contributed by atoms with van der Waals surface area (Å²) in [6.07, 6.45) is 3.23. The van der Waals surface area contributed by atoms with Gasteiger partial charge < -0.3 is 4.42 Å². The van der Waals surface area contributed by atoms with Crippen LogP contribution in [0.5, 0.6) is 0 Å². The van der Waals surface area contributed by atoms with Crippen LogP contribution in [0.3, 0.4) is 0 Å². The first-order valence-corrected chi connectivity index (χ1v) is 3.10. The van der Waals surface area contributed by atoms with E-state index in [9.17, 15) is 0 Å². The van der Waals surface area contributed by atoms with Gasteiger partial charge in [-0.25, -0.2) is 0 Å². The molecule has 0 unspecified atom stereocenters. The Bertz CT molecular complexity index is 327. The van der Waals surface area contributed by atoms with E-state index in [2.05, 4.69) is 9.97 Å². The molecule has 0 aliphatic heterocycles. The molecular weight excluding hydrogens is 187 g/mol. The molecular formula is C6H4Cl2N2O. The molecule has 58 valence electrons. The summed E-state index contributed by atoms with van der Waals surface area (Å²) in [7, 11) is 0. The Labute approximate surface area is 73.8 Å². The Morgan fingerprint density at radius 2 is 2.27 bits per heavy atom. The normalized spacial score (nSPS) is 9.55. The number of rotatable bonds is 0. The highest BCUT2D eigenvalue weighted by atomic mass is 35.5. The van der Waals surface area contributed by atoms with Crippen LogP contribution in [0.15, 0.2) is 22.9 Å². The first-order valence-electron chi connectivity index (χ1n) is 2.72. The van der Waals surface area contributed by atoms with Crippen LogP contribution in [0, 0.1) is 0 Å². The van der Waals surface area contributed by atoms with E-state index in [1.54, 1.807) is 18.5 Å². The number of nitrogens with zero attached hydrogens (tertiary/aromatic N) is 2. The van der Waals surface area contributed by atoms with E-state index in [1.165, 1.54) is 0 Å². The van der Waals surface area contributed by atoms with E-state index in [0.717, 1.165) is 0 Å². The number of halogens is 2. The summed E-state index contributed by atoms with van der Waals surface area (Å²) in [5, 5.41) is 0.156. The van der Waals surface area contributed by atoms with Gasteiger partial charge in [0.1, 0.15) is 5.52 Å². The van der Waals surface area contributed by atoms with Crippen LogP contribution in [-0.4, -0.2) is 9.97 Å². The lowest BCUT2D eigenvalue weighted by atomic mass is 10.4. The quantitative estimate of drug-likeness (QED) is 0.641. The fourth-order valence-electron chi connectivity index (χ4n) is 0.752. The second-order valence-corrected chi connectivity index (χ2v) is 2.13. The first-order chi connectivity index (χ1) is 4.86. The average molecular weight is 191 g/mol. The van der Waals surface area contributed by atoms with Crippen molar-refractivity contribution >= 4 is 35.1 Å². The Morgan fingerprint density at radius 3 is 3.00 bits per heavy atom. The molecule has 0 bridgehead atoms. The van der Waals surface area contributed by atoms with E-state index in [4.69, 9.17) is 16.0 Å². The van der Waals surface area contributed by atoms with Crippen molar-refractivity contribution in [3.63, 3.8) is 0 Å². The molecule has 3 nitrogen and oxygen atoms in total. The van der Waals surface area contributed by atoms with E-state index in [-0.39, 0.29) is 17.8 Å². The van der Waals surface area contributed by atoms with Crippen LogP contribution >= 0.6 is 24.0 Å². The van der Waals surface area contributed by atoms with Crippen molar-refractivity contribution in [3.8, 4) is 0 Å². The second kappa shape index (κ2) is 3.07. The first kappa shape index (κ1) is 8.30. The molecule has 0 N–H and O–H groups in total. The monoisotopic (exact) mass is 190 g/mol. The minimum Gasteiger partial charge on any atom is -0.427 e. The molecule has 0 aliphatic carbocycles. The van der Waals surface area contributed by atoms with Crippen molar-refractivity contribution in [3.05, 3.63) is 23.8 Å². The van der Waals surface area contributed by atoms with Crippen molar-refractivity contribution < 1.29 is 4.42 Å². The Balaban J connectivity index is 0.000000605. The van der Waals surface area contributed by atoms with Gasteiger partial charge in [-0.15, -0.1) is 12.4 Å². The fourth-order valence-corrected chi connectivity index (χ4v) is 0.926. The van der Waals surface area contributed by atoms with Gasteiger partial charge >= 0.3 is 0 Å². The van der Waals surface area contributed by atoms with E-state index in [1.807, 2.05) is 0 Å². The molecule has 0 radical (unpaired) electrons. The van der Waals surface area contributed by atoms with E-state index < -0.39 is 0 Å². The Kier molecular flexibility index (Phi) is 2.31. The largest absolute Gasteiger partial charge is 0.427 e. The molecule has 0 saturated carbocycles. The zero-order valence-electron chi connectivity index (χ0n) is 5.32. The van der Waals surface area contributed by atoms with Gasteiger partial charge in [0.15, 0.2) is 5.58 Å². The molecule has 0 atom stereocenters. The second-order valence-electron chi connectivity index (χ2n) is 1.81. The number of hydrogen-bond acceptors (Lipinski definition) is 3. The molecule has 5 heteroatoms. The highest BCUT2D eigenvalue weighted by Gasteiger charge is 1.99. The number of fused-ring (bicyclic) bond motifs is 1. The van der Waals surface area contributed by atoms with Crippen LogP contribution in [0.4, 0.5) is 0 Å². The van der Waals surface area contributed by atoms with Crippen molar-refractivity contribution in [1.29, 1.82) is 0 Å². The van der Waals surface area contributed by atoms with Gasteiger partial charge in [0.05, 0.1) is 6.20 Å². The topological polar surface area (TPSA) is 38.9 Å². The van der Waals surface area contributed by atoms with Crippen molar-refractivity contribution in [2.45, 2.75) is 0 Å². The van der Waals surface area contributed by atoms with Crippen LogP contribution < -0.4 is 0 Å². The summed E-state index contributed by atoms with van der Waals surface area (Å²) in [5.74, 6) is 0. The maximum absolute atomic E-state index is 5.48. The predicted octanol–water partition coefficient (Wildman–Crippen LogP) is 2.30. The molecule has 0 amide bonds. The number of oxazole rings is 1. The van der Waals surface area contributed by atoms with Gasteiger partial charge in [0.2, 0.25) is 0 Å². The Hall–Kier alpha value is -0.800. The van der Waals surface area contributed by atoms with Gasteiger partial charge in [-0.1, -0.05) is 0 Å². The molecule has 2 aromatic rings. The van der Waals surface area contributed by atoms with Crippen LogP contribution in [0.25, 0.3) is 11.1 Å². The maximum atomic E-state index is 5.48. The molecule has 0 spiro atoms. The van der Waals surface area contributed by atoms with Gasteiger partial charge in [-0.3, -0.25) is 4.98 Å². The molecule has 2 aromatic heterocycles. The lowest BCUT2D eigenvalue weighted by Gasteiger charge is -1.78. The molecule has 2 rings (SSSR count). The SMILES string of the molecule is Cl.Clc1nc2cnccc2o1. The standard InChI is InChI=1S/C6H3ClN2O.ClH/c7-6-9-4-3-8-2-1-5(4)10-6;/h1-3H;1H. The number of hydrogen-bond donors (Lipinski definition) is 0. The van der Waals surface area contributed by atoms with Crippen LogP contribution in [-0.2, 0) is 0 Å². The smallest absolute Gasteiger partial charge is 0.293 e. The maximum Gasteiger partial charge on any atom is 0.293 e. The third-order valence-electron chi connectivity index (χ3n) is 1.16. The lowest BCUT2D eigenvalue weighted by molar-refractivity contribution is 0.604. The summed E-state index contributed by atoms with van der Waals surface area (Å²) in [6, 6.07) is 1.72. The predicted molar refractivity (Wildman–Crippen MR) is 44.1 cm³/mol. The summed E-state index contributed by atoms with van der Waals surface area (Å²) in [4.78, 5) is 7.69. The van der Waals surface area contributed by atoms with Crippen molar-refractivity contribution in [2.24, 2.45) is 0 Å². The van der Waals surface area contributed by atoms with Gasteiger partial charge in [-0.05, 0) is 11.6 Å². The molecule has 0 fully saturated rings. The molecule has 0 aromatic carbocycles. The minimum atomic E-state index is 0. The Morgan fingerprint density at radius 1 is 1.45 bits per heavy atom. The zero-order chi connectivity index (χ0) is 6.97. The van der Waals surface area contributed by atoms with Crippen molar-refractivity contribution in [1.82, 2.24) is 9.97 Å². The zero-order valence-corrected chi connectivity index (χ0v) is 6.89. The van der Waals surface area contributed by atoms with Crippen LogP contribution in [0.1, 0.15) is 0 Å². The highest BCUT2D eigenvalue weighted by Crippen LogP contribution is 2.16. The summed E-state index contributed by atoms with van der Waals surface area (Å²) < 4.78 is 4.98. The minimum absolute atomic E-state index is 0. The third-order valence-corrected chi connectivity index (χ3v) is 1.33. The summed E-state index contributed by atoms with van der Waals surface area (Å²) in [5.41, 5.74) is 1.35.